The van der Waals surface area contributed by atoms with E-state index in [-0.39, 0.29) is 0 Å². The summed E-state index contributed by atoms with van der Waals surface area (Å²) in [6.45, 7) is 6.23. The molecule has 0 fully saturated rings. The zero-order valence-electron chi connectivity index (χ0n) is 9.82. The molecule has 0 spiro atoms. The summed E-state index contributed by atoms with van der Waals surface area (Å²) in [4.78, 5) is 10.8. The zero-order valence-corrected chi connectivity index (χ0v) is 9.82. The van der Waals surface area contributed by atoms with Crippen molar-refractivity contribution < 1.29 is 0 Å². The van der Waals surface area contributed by atoms with Crippen molar-refractivity contribution >= 4 is 11.6 Å². The lowest BCUT2D eigenvalue weighted by atomic mass is 10.4. The van der Waals surface area contributed by atoms with Gasteiger partial charge in [-0.2, -0.15) is 0 Å². The van der Waals surface area contributed by atoms with Crippen LogP contribution in [0.4, 0.5) is 11.6 Å². The third kappa shape index (κ3) is 3.73. The fraction of sp³-hybridized carbons (Fsp3) is 0.636. The SMILES string of the molecule is CCCNc1cncc(N(C)CCC)n1. The molecule has 0 aromatic carbocycles. The summed E-state index contributed by atoms with van der Waals surface area (Å²) in [7, 11) is 2.04. The van der Waals surface area contributed by atoms with Crippen molar-refractivity contribution in [3.05, 3.63) is 12.4 Å². The molecular formula is C11H20N4. The van der Waals surface area contributed by atoms with Crippen molar-refractivity contribution in [2.75, 3.05) is 30.4 Å². The number of nitrogens with zero attached hydrogens (tertiary/aromatic N) is 3. The smallest absolute Gasteiger partial charge is 0.149 e. The molecule has 4 nitrogen and oxygen atoms in total. The van der Waals surface area contributed by atoms with Gasteiger partial charge in [-0.1, -0.05) is 13.8 Å². The van der Waals surface area contributed by atoms with E-state index in [1.54, 1.807) is 12.4 Å². The monoisotopic (exact) mass is 208 g/mol. The predicted molar refractivity (Wildman–Crippen MR) is 64.4 cm³/mol. The highest BCUT2D eigenvalue weighted by Crippen LogP contribution is 2.10. The third-order valence-electron chi connectivity index (χ3n) is 2.13. The molecule has 0 amide bonds. The molecule has 1 heterocycles. The molecule has 1 rings (SSSR count). The first-order valence-corrected chi connectivity index (χ1v) is 5.55. The minimum atomic E-state index is 0.859. The number of aromatic nitrogens is 2. The van der Waals surface area contributed by atoms with Gasteiger partial charge >= 0.3 is 0 Å². The molecule has 0 aliphatic rings. The third-order valence-corrected chi connectivity index (χ3v) is 2.13. The van der Waals surface area contributed by atoms with E-state index in [0.717, 1.165) is 37.6 Å². The molecule has 0 saturated heterocycles. The van der Waals surface area contributed by atoms with Crippen molar-refractivity contribution in [3.8, 4) is 0 Å². The van der Waals surface area contributed by atoms with E-state index >= 15 is 0 Å². The lowest BCUT2D eigenvalue weighted by Gasteiger charge is -2.17. The van der Waals surface area contributed by atoms with Gasteiger partial charge in [0.1, 0.15) is 11.6 Å². The Morgan fingerprint density at radius 3 is 2.73 bits per heavy atom. The Labute approximate surface area is 91.7 Å². The van der Waals surface area contributed by atoms with E-state index in [0.29, 0.717) is 0 Å². The minimum Gasteiger partial charge on any atom is -0.369 e. The van der Waals surface area contributed by atoms with Gasteiger partial charge in [0.05, 0.1) is 12.4 Å². The molecule has 0 aliphatic heterocycles. The Hall–Kier alpha value is -1.32. The molecule has 0 aliphatic carbocycles. The second-order valence-corrected chi connectivity index (χ2v) is 3.61. The normalized spacial score (nSPS) is 10.1. The quantitative estimate of drug-likeness (QED) is 0.777. The number of hydrogen-bond acceptors (Lipinski definition) is 4. The topological polar surface area (TPSA) is 41.1 Å². The highest BCUT2D eigenvalue weighted by atomic mass is 15.2. The van der Waals surface area contributed by atoms with Crippen molar-refractivity contribution in [3.63, 3.8) is 0 Å². The summed E-state index contributed by atoms with van der Waals surface area (Å²) in [6, 6.07) is 0. The first kappa shape index (κ1) is 11.8. The average molecular weight is 208 g/mol. The molecule has 0 bridgehead atoms. The van der Waals surface area contributed by atoms with E-state index in [1.807, 2.05) is 7.05 Å². The number of anilines is 2. The summed E-state index contributed by atoms with van der Waals surface area (Å²) < 4.78 is 0. The van der Waals surface area contributed by atoms with Gasteiger partial charge in [0.25, 0.3) is 0 Å². The van der Waals surface area contributed by atoms with E-state index < -0.39 is 0 Å². The molecule has 0 saturated carbocycles. The maximum atomic E-state index is 4.48. The van der Waals surface area contributed by atoms with E-state index in [4.69, 9.17) is 0 Å². The maximum absolute atomic E-state index is 4.48. The van der Waals surface area contributed by atoms with Gasteiger partial charge in [-0.25, -0.2) is 4.98 Å². The molecule has 1 aromatic rings. The predicted octanol–water partition coefficient (Wildman–Crippen LogP) is 2.14. The Balaban J connectivity index is 2.64. The number of rotatable bonds is 6. The largest absolute Gasteiger partial charge is 0.369 e. The van der Waals surface area contributed by atoms with Crippen LogP contribution in [0.15, 0.2) is 12.4 Å². The van der Waals surface area contributed by atoms with E-state index in [1.165, 1.54) is 0 Å². The summed E-state index contributed by atoms with van der Waals surface area (Å²) in [5, 5.41) is 3.23. The van der Waals surface area contributed by atoms with Gasteiger partial charge in [0, 0.05) is 20.1 Å². The average Bonchev–Trinajstić information content (AvgIpc) is 2.27. The second kappa shape index (κ2) is 6.22. The molecule has 4 heteroatoms. The van der Waals surface area contributed by atoms with E-state index in [9.17, 15) is 0 Å². The lowest BCUT2D eigenvalue weighted by Crippen LogP contribution is -2.19. The van der Waals surface area contributed by atoms with Crippen LogP contribution in [0, 0.1) is 0 Å². The van der Waals surface area contributed by atoms with E-state index in [2.05, 4.69) is 34.0 Å². The Bertz CT molecular complexity index is 288. The highest BCUT2D eigenvalue weighted by Gasteiger charge is 2.02. The molecule has 1 N–H and O–H groups in total. The van der Waals surface area contributed by atoms with Gasteiger partial charge in [0.2, 0.25) is 0 Å². The maximum Gasteiger partial charge on any atom is 0.149 e. The van der Waals surface area contributed by atoms with Crippen LogP contribution in [0.3, 0.4) is 0 Å². The molecule has 0 radical (unpaired) electrons. The molecule has 84 valence electrons. The van der Waals surface area contributed by atoms with Crippen molar-refractivity contribution in [1.82, 2.24) is 9.97 Å². The van der Waals surface area contributed by atoms with Gasteiger partial charge in [0.15, 0.2) is 0 Å². The summed E-state index contributed by atoms with van der Waals surface area (Å²) in [5.41, 5.74) is 0. The van der Waals surface area contributed by atoms with Crippen LogP contribution in [0.5, 0.6) is 0 Å². The second-order valence-electron chi connectivity index (χ2n) is 3.61. The van der Waals surface area contributed by atoms with Crippen LogP contribution >= 0.6 is 0 Å². The Kier molecular flexibility index (Phi) is 4.87. The van der Waals surface area contributed by atoms with Crippen LogP contribution in [-0.4, -0.2) is 30.1 Å². The molecule has 15 heavy (non-hydrogen) atoms. The Morgan fingerprint density at radius 1 is 1.27 bits per heavy atom. The standard InChI is InChI=1S/C11H20N4/c1-4-6-13-10-8-12-9-11(14-10)15(3)7-5-2/h8-9H,4-7H2,1-3H3,(H,13,14). The van der Waals surface area contributed by atoms with Crippen molar-refractivity contribution in [2.24, 2.45) is 0 Å². The van der Waals surface area contributed by atoms with Gasteiger partial charge in [-0.05, 0) is 12.8 Å². The fourth-order valence-electron chi connectivity index (χ4n) is 1.33. The Morgan fingerprint density at radius 2 is 2.07 bits per heavy atom. The zero-order chi connectivity index (χ0) is 11.1. The minimum absolute atomic E-state index is 0.859. The first-order valence-electron chi connectivity index (χ1n) is 5.55. The highest BCUT2D eigenvalue weighted by molar-refractivity contribution is 5.42. The van der Waals surface area contributed by atoms with Crippen molar-refractivity contribution in [1.29, 1.82) is 0 Å². The van der Waals surface area contributed by atoms with Crippen LogP contribution in [0.1, 0.15) is 26.7 Å². The first-order chi connectivity index (χ1) is 7.27. The van der Waals surface area contributed by atoms with Gasteiger partial charge < -0.3 is 10.2 Å². The van der Waals surface area contributed by atoms with Crippen LogP contribution in [-0.2, 0) is 0 Å². The molecule has 0 atom stereocenters. The molecular weight excluding hydrogens is 188 g/mol. The lowest BCUT2D eigenvalue weighted by molar-refractivity contribution is 0.832. The fourth-order valence-corrected chi connectivity index (χ4v) is 1.33. The molecule has 0 unspecified atom stereocenters. The summed E-state index contributed by atoms with van der Waals surface area (Å²) in [5.74, 6) is 1.79. The van der Waals surface area contributed by atoms with Crippen LogP contribution in [0.25, 0.3) is 0 Å². The van der Waals surface area contributed by atoms with Gasteiger partial charge in [-0.15, -0.1) is 0 Å². The number of hydrogen-bond donors (Lipinski definition) is 1. The van der Waals surface area contributed by atoms with Gasteiger partial charge in [-0.3, -0.25) is 4.98 Å². The van der Waals surface area contributed by atoms with Crippen molar-refractivity contribution in [2.45, 2.75) is 26.7 Å². The summed E-state index contributed by atoms with van der Waals surface area (Å²) >= 11 is 0. The van der Waals surface area contributed by atoms with Crippen LogP contribution in [0.2, 0.25) is 0 Å². The van der Waals surface area contributed by atoms with Crippen LogP contribution < -0.4 is 10.2 Å². The molecule has 1 aromatic heterocycles. The number of nitrogens with one attached hydrogen (secondary N) is 1. The summed E-state index contributed by atoms with van der Waals surface area (Å²) in [6.07, 6.45) is 5.77.